The fourth-order valence-electron chi connectivity index (χ4n) is 1.90. The summed E-state index contributed by atoms with van der Waals surface area (Å²) in [5, 5.41) is -15.3. The van der Waals surface area contributed by atoms with E-state index in [0.717, 1.165) is 0 Å². The third-order valence-corrected chi connectivity index (χ3v) is 8.43. The molecule has 4 nitrogen and oxygen atoms in total. The molecular weight excluding hydrogens is 545 g/mol. The lowest BCUT2D eigenvalue weighted by Gasteiger charge is -2.29. The Morgan fingerprint density at radius 2 is 0.688 bits per heavy atom. The van der Waals surface area contributed by atoms with Crippen LogP contribution >= 0.6 is 0 Å². The fourth-order valence-corrected chi connectivity index (χ4v) is 6.17. The zero-order valence-electron chi connectivity index (χ0n) is 13.7. The molecular formula is C11HF15O4S2. The lowest BCUT2D eigenvalue weighted by molar-refractivity contribution is -0.242. The molecule has 0 aliphatic heterocycles. The van der Waals surface area contributed by atoms with Gasteiger partial charge in [0, 0.05) is 0 Å². The molecule has 0 aromatic heterocycles. The Balaban J connectivity index is 4.38. The lowest BCUT2D eigenvalue weighted by Crippen LogP contribution is -2.53. The van der Waals surface area contributed by atoms with E-state index in [4.69, 9.17) is 0 Å². The summed E-state index contributed by atoms with van der Waals surface area (Å²) in [6, 6.07) is 0. The van der Waals surface area contributed by atoms with Crippen LogP contribution in [0.2, 0.25) is 0 Å². The van der Waals surface area contributed by atoms with Gasteiger partial charge in [-0.05, 0) is 0 Å². The van der Waals surface area contributed by atoms with E-state index in [1.807, 2.05) is 0 Å². The number of halogens is 15. The van der Waals surface area contributed by atoms with E-state index in [1.54, 1.807) is 0 Å². The SMILES string of the molecule is O=S(=O)(C(c1c(F)c(F)c(F)c(F)c1F)S(=O)(=O)C(F)(F)C(F)(F)F)C(F)(F)C(F)(F)F. The van der Waals surface area contributed by atoms with Gasteiger partial charge in [-0.15, -0.1) is 0 Å². The van der Waals surface area contributed by atoms with Crippen LogP contribution in [0.25, 0.3) is 0 Å². The molecule has 0 heterocycles. The Hall–Kier alpha value is -1.93. The summed E-state index contributed by atoms with van der Waals surface area (Å²) >= 11 is 0. The second-order valence-corrected chi connectivity index (χ2v) is 9.88. The van der Waals surface area contributed by atoms with Gasteiger partial charge in [0.25, 0.3) is 0 Å². The van der Waals surface area contributed by atoms with E-state index in [0.29, 0.717) is 0 Å². The molecule has 0 N–H and O–H groups in total. The highest BCUT2D eigenvalue weighted by atomic mass is 32.3. The minimum absolute atomic E-state index is 3.33. The highest BCUT2D eigenvalue weighted by Gasteiger charge is 2.77. The van der Waals surface area contributed by atoms with Gasteiger partial charge >= 0.3 is 22.9 Å². The van der Waals surface area contributed by atoms with Gasteiger partial charge in [0.2, 0.25) is 30.1 Å². The molecule has 0 aliphatic rings. The Kier molecular flexibility index (Phi) is 6.63. The summed E-state index contributed by atoms with van der Waals surface area (Å²) < 4.78 is 236. The Labute approximate surface area is 165 Å². The number of benzene rings is 1. The highest BCUT2D eigenvalue weighted by molar-refractivity contribution is 8.09. The molecule has 0 spiro atoms. The third kappa shape index (κ3) is 3.75. The lowest BCUT2D eigenvalue weighted by atomic mass is 10.2. The molecule has 1 rings (SSSR count). The van der Waals surface area contributed by atoms with E-state index in [-0.39, 0.29) is 0 Å². The van der Waals surface area contributed by atoms with Gasteiger partial charge in [0.15, 0.2) is 23.3 Å². The molecule has 0 fully saturated rings. The van der Waals surface area contributed by atoms with Gasteiger partial charge in [0.1, 0.15) is 0 Å². The molecule has 1 aromatic carbocycles. The molecule has 0 saturated heterocycles. The highest BCUT2D eigenvalue weighted by Crippen LogP contribution is 2.53. The average Bonchev–Trinajstić information content (AvgIpc) is 2.59. The van der Waals surface area contributed by atoms with Crippen molar-refractivity contribution in [2.45, 2.75) is 27.4 Å². The van der Waals surface area contributed by atoms with Gasteiger partial charge in [-0.3, -0.25) is 0 Å². The predicted octanol–water partition coefficient (Wildman–Crippen LogP) is 4.52. The van der Waals surface area contributed by atoms with E-state index >= 15 is 0 Å². The van der Waals surface area contributed by atoms with Crippen molar-refractivity contribution in [3.8, 4) is 0 Å². The third-order valence-electron chi connectivity index (χ3n) is 3.42. The minimum atomic E-state index is -8.57. The standard InChI is InChI=1S/C11HF15O4S2/c12-2-1(3(13)5(15)6(16)4(2)14)7(31(27,28)10(23,24)8(17,18)19)32(29,30)11(25,26)9(20,21)22/h7H. The zero-order valence-corrected chi connectivity index (χ0v) is 15.3. The van der Waals surface area contributed by atoms with Crippen LogP contribution in [0.15, 0.2) is 0 Å². The normalized spacial score (nSPS) is 14.9. The topological polar surface area (TPSA) is 68.3 Å². The molecule has 0 amide bonds. The van der Waals surface area contributed by atoms with Gasteiger partial charge in [-0.2, -0.15) is 43.9 Å². The number of sulfone groups is 2. The van der Waals surface area contributed by atoms with Crippen molar-refractivity contribution in [1.29, 1.82) is 0 Å². The Bertz CT molecular complexity index is 1050. The molecule has 0 aliphatic carbocycles. The Morgan fingerprint density at radius 3 is 0.906 bits per heavy atom. The van der Waals surface area contributed by atoms with Crippen LogP contribution in [0.4, 0.5) is 65.9 Å². The molecule has 0 saturated carbocycles. The minimum Gasteiger partial charge on any atom is -0.220 e. The van der Waals surface area contributed by atoms with E-state index in [1.165, 1.54) is 0 Å². The monoisotopic (exact) mass is 546 g/mol. The van der Waals surface area contributed by atoms with Gasteiger partial charge in [-0.1, -0.05) is 0 Å². The molecule has 1 aromatic rings. The summed E-state index contributed by atoms with van der Waals surface area (Å²) in [5.41, 5.74) is -3.85. The second-order valence-electron chi connectivity index (χ2n) is 5.43. The van der Waals surface area contributed by atoms with Crippen molar-refractivity contribution >= 4 is 19.7 Å². The first-order chi connectivity index (χ1) is 13.8. The first kappa shape index (κ1) is 28.1. The summed E-state index contributed by atoms with van der Waals surface area (Å²) in [6.45, 7) is 0. The molecule has 0 bridgehead atoms. The first-order valence-corrected chi connectivity index (χ1v) is 9.76. The number of rotatable bonds is 5. The molecule has 0 unspecified atom stereocenters. The van der Waals surface area contributed by atoms with Crippen LogP contribution in [0, 0.1) is 29.1 Å². The maximum Gasteiger partial charge on any atom is 0.469 e. The molecule has 186 valence electrons. The van der Waals surface area contributed by atoms with E-state index in [9.17, 15) is 82.7 Å². The summed E-state index contributed by atoms with van der Waals surface area (Å²) in [6.07, 6.45) is -15.1. The van der Waals surface area contributed by atoms with Crippen molar-refractivity contribution in [3.05, 3.63) is 34.6 Å². The van der Waals surface area contributed by atoms with E-state index in [2.05, 4.69) is 0 Å². The van der Waals surface area contributed by atoms with E-state index < -0.39 is 81.8 Å². The van der Waals surface area contributed by atoms with Crippen LogP contribution in [0.1, 0.15) is 10.1 Å². The average molecular weight is 546 g/mol. The number of hydrogen-bond acceptors (Lipinski definition) is 4. The molecule has 32 heavy (non-hydrogen) atoms. The summed E-state index contributed by atoms with van der Waals surface area (Å²) in [5.74, 6) is -18.1. The van der Waals surface area contributed by atoms with Crippen molar-refractivity contribution in [1.82, 2.24) is 0 Å². The molecule has 21 heteroatoms. The first-order valence-electron chi connectivity index (χ1n) is 6.67. The predicted molar refractivity (Wildman–Crippen MR) is 68.8 cm³/mol. The van der Waals surface area contributed by atoms with Crippen LogP contribution in [-0.2, 0) is 19.7 Å². The van der Waals surface area contributed by atoms with Gasteiger partial charge in [-0.25, -0.2) is 38.8 Å². The largest absolute Gasteiger partial charge is 0.469 e. The summed E-state index contributed by atoms with van der Waals surface area (Å²) in [7, 11) is -17.1. The smallest absolute Gasteiger partial charge is 0.220 e. The van der Waals surface area contributed by atoms with Crippen molar-refractivity contribution < 1.29 is 82.7 Å². The second kappa shape index (κ2) is 7.55. The van der Waals surface area contributed by atoms with Crippen LogP contribution in [0.3, 0.4) is 0 Å². The zero-order chi connectivity index (χ0) is 26.0. The van der Waals surface area contributed by atoms with Crippen molar-refractivity contribution in [2.24, 2.45) is 0 Å². The Morgan fingerprint density at radius 1 is 0.469 bits per heavy atom. The molecule has 0 atom stereocenters. The van der Waals surface area contributed by atoms with Crippen LogP contribution in [0.5, 0.6) is 0 Å². The number of hydrogen-bond donors (Lipinski definition) is 0. The summed E-state index contributed by atoms with van der Waals surface area (Å²) in [4.78, 5) is 0. The quantitative estimate of drug-likeness (QED) is 0.310. The van der Waals surface area contributed by atoms with Crippen molar-refractivity contribution in [3.63, 3.8) is 0 Å². The van der Waals surface area contributed by atoms with Gasteiger partial charge in [0.05, 0.1) is 5.56 Å². The van der Waals surface area contributed by atoms with Crippen LogP contribution in [-0.4, -0.2) is 39.7 Å². The van der Waals surface area contributed by atoms with Crippen LogP contribution < -0.4 is 0 Å². The maximum absolute atomic E-state index is 13.8. The van der Waals surface area contributed by atoms with Crippen molar-refractivity contribution in [2.75, 3.05) is 0 Å². The maximum atomic E-state index is 13.8. The van der Waals surface area contributed by atoms with Gasteiger partial charge < -0.3 is 0 Å². The number of alkyl halides is 10. The molecule has 0 radical (unpaired) electrons. The fraction of sp³-hybridized carbons (Fsp3) is 0.455.